The van der Waals surface area contributed by atoms with Crippen molar-refractivity contribution < 1.29 is 4.74 Å². The Balaban J connectivity index is 1.85. The van der Waals surface area contributed by atoms with Gasteiger partial charge >= 0.3 is 0 Å². The Morgan fingerprint density at radius 2 is 2.22 bits per heavy atom. The molecule has 2 aromatic rings. The SMILES string of the molecule is COc1ccc(-n2ccc(C(=N)C3CC3)n2)cn1. The molecule has 1 saturated carbocycles. The van der Waals surface area contributed by atoms with Gasteiger partial charge in [0.05, 0.1) is 24.7 Å². The number of hydrogen-bond donors (Lipinski definition) is 1. The van der Waals surface area contributed by atoms with Gasteiger partial charge in [0.25, 0.3) is 0 Å². The molecule has 0 unspecified atom stereocenters. The normalized spacial score (nSPS) is 14.5. The molecule has 0 aromatic carbocycles. The van der Waals surface area contributed by atoms with E-state index in [-0.39, 0.29) is 0 Å². The highest BCUT2D eigenvalue weighted by atomic mass is 16.5. The average Bonchev–Trinajstić information content (AvgIpc) is 3.15. The van der Waals surface area contributed by atoms with E-state index in [9.17, 15) is 0 Å². The Kier molecular flexibility index (Phi) is 2.59. The van der Waals surface area contributed by atoms with E-state index < -0.39 is 0 Å². The van der Waals surface area contributed by atoms with Crippen molar-refractivity contribution in [3.05, 3.63) is 36.3 Å². The van der Waals surface area contributed by atoms with Gasteiger partial charge in [0.15, 0.2) is 0 Å². The lowest BCUT2D eigenvalue weighted by atomic mass is 10.2. The van der Waals surface area contributed by atoms with Crippen molar-refractivity contribution in [1.82, 2.24) is 14.8 Å². The smallest absolute Gasteiger partial charge is 0.213 e. The maximum Gasteiger partial charge on any atom is 0.213 e. The Labute approximate surface area is 105 Å². The molecule has 0 bridgehead atoms. The molecule has 2 heterocycles. The third-order valence-corrected chi connectivity index (χ3v) is 3.05. The van der Waals surface area contributed by atoms with E-state index in [4.69, 9.17) is 10.1 Å². The number of methoxy groups -OCH3 is 1. The Morgan fingerprint density at radius 3 is 2.83 bits per heavy atom. The van der Waals surface area contributed by atoms with Crippen molar-refractivity contribution in [3.8, 4) is 11.6 Å². The number of rotatable bonds is 4. The van der Waals surface area contributed by atoms with Crippen LogP contribution in [0.25, 0.3) is 5.69 Å². The van der Waals surface area contributed by atoms with Crippen LogP contribution < -0.4 is 4.74 Å². The summed E-state index contributed by atoms with van der Waals surface area (Å²) in [5, 5.41) is 12.4. The first kappa shape index (κ1) is 11.0. The van der Waals surface area contributed by atoms with Gasteiger partial charge in [-0.25, -0.2) is 9.67 Å². The Bertz CT molecular complexity index is 569. The summed E-state index contributed by atoms with van der Waals surface area (Å²) in [7, 11) is 1.59. The van der Waals surface area contributed by atoms with E-state index in [1.165, 1.54) is 0 Å². The molecule has 0 atom stereocenters. The summed E-state index contributed by atoms with van der Waals surface area (Å²) in [5.74, 6) is 0.999. The zero-order valence-corrected chi connectivity index (χ0v) is 10.1. The zero-order chi connectivity index (χ0) is 12.5. The fraction of sp³-hybridized carbons (Fsp3) is 0.308. The fourth-order valence-electron chi connectivity index (χ4n) is 1.82. The number of ether oxygens (including phenoxy) is 1. The molecule has 1 fully saturated rings. The highest BCUT2D eigenvalue weighted by Crippen LogP contribution is 2.32. The van der Waals surface area contributed by atoms with Crippen molar-refractivity contribution in [2.75, 3.05) is 7.11 Å². The number of aromatic nitrogens is 3. The minimum Gasteiger partial charge on any atom is -0.481 e. The van der Waals surface area contributed by atoms with Gasteiger partial charge < -0.3 is 10.1 Å². The number of pyridine rings is 1. The predicted molar refractivity (Wildman–Crippen MR) is 67.5 cm³/mol. The van der Waals surface area contributed by atoms with Gasteiger partial charge in [0.1, 0.15) is 5.69 Å². The summed E-state index contributed by atoms with van der Waals surface area (Å²) in [4.78, 5) is 4.14. The molecule has 0 amide bonds. The lowest BCUT2D eigenvalue weighted by molar-refractivity contribution is 0.397. The summed E-state index contributed by atoms with van der Waals surface area (Å²) in [6.07, 6.45) is 5.80. The van der Waals surface area contributed by atoms with Crippen LogP contribution in [0.4, 0.5) is 0 Å². The lowest BCUT2D eigenvalue weighted by Gasteiger charge is -2.02. The summed E-state index contributed by atoms with van der Waals surface area (Å²) in [6, 6.07) is 5.57. The fourth-order valence-corrected chi connectivity index (χ4v) is 1.82. The van der Waals surface area contributed by atoms with Gasteiger partial charge in [-0.3, -0.25) is 0 Å². The Hall–Kier alpha value is -2.17. The van der Waals surface area contributed by atoms with E-state index in [1.807, 2.05) is 18.3 Å². The molecule has 5 nitrogen and oxygen atoms in total. The first-order chi connectivity index (χ1) is 8.78. The standard InChI is InChI=1S/C13H14N4O/c1-18-12-5-4-10(8-15-12)17-7-6-11(16-17)13(14)9-2-3-9/h4-9,14H,2-3H2,1H3. The molecule has 1 aliphatic rings. The van der Waals surface area contributed by atoms with Gasteiger partial charge in [0, 0.05) is 18.2 Å². The summed E-state index contributed by atoms with van der Waals surface area (Å²) >= 11 is 0. The third-order valence-electron chi connectivity index (χ3n) is 3.05. The van der Waals surface area contributed by atoms with Crippen LogP contribution >= 0.6 is 0 Å². The molecule has 92 valence electrons. The van der Waals surface area contributed by atoms with E-state index in [0.29, 0.717) is 17.5 Å². The first-order valence-electron chi connectivity index (χ1n) is 5.93. The lowest BCUT2D eigenvalue weighted by Crippen LogP contribution is -2.04. The van der Waals surface area contributed by atoms with Crippen LogP contribution in [0, 0.1) is 11.3 Å². The van der Waals surface area contributed by atoms with E-state index >= 15 is 0 Å². The quantitative estimate of drug-likeness (QED) is 0.834. The molecule has 1 aliphatic carbocycles. The van der Waals surface area contributed by atoms with E-state index in [1.54, 1.807) is 24.1 Å². The molecular formula is C13H14N4O. The van der Waals surface area contributed by atoms with Crippen LogP contribution in [-0.2, 0) is 0 Å². The van der Waals surface area contributed by atoms with Gasteiger partial charge in [0.2, 0.25) is 5.88 Å². The second-order valence-corrected chi connectivity index (χ2v) is 4.39. The van der Waals surface area contributed by atoms with Gasteiger partial charge in [-0.2, -0.15) is 5.10 Å². The predicted octanol–water partition coefficient (Wildman–Crippen LogP) is 2.05. The molecule has 0 radical (unpaired) electrons. The largest absolute Gasteiger partial charge is 0.481 e. The monoisotopic (exact) mass is 242 g/mol. The van der Waals surface area contributed by atoms with Gasteiger partial charge in [-0.05, 0) is 25.0 Å². The van der Waals surface area contributed by atoms with Crippen molar-refractivity contribution in [2.45, 2.75) is 12.8 Å². The van der Waals surface area contributed by atoms with Gasteiger partial charge in [-0.1, -0.05) is 0 Å². The molecule has 1 N–H and O–H groups in total. The van der Waals surface area contributed by atoms with Crippen LogP contribution in [0.15, 0.2) is 30.6 Å². The highest BCUT2D eigenvalue weighted by molar-refractivity contribution is 5.99. The first-order valence-corrected chi connectivity index (χ1v) is 5.93. The third kappa shape index (κ3) is 1.99. The zero-order valence-electron chi connectivity index (χ0n) is 10.1. The highest BCUT2D eigenvalue weighted by Gasteiger charge is 2.28. The average molecular weight is 242 g/mol. The van der Waals surface area contributed by atoms with Crippen molar-refractivity contribution in [2.24, 2.45) is 5.92 Å². The molecule has 0 aliphatic heterocycles. The second-order valence-electron chi connectivity index (χ2n) is 4.39. The van der Waals surface area contributed by atoms with Crippen LogP contribution in [0.2, 0.25) is 0 Å². The van der Waals surface area contributed by atoms with Crippen LogP contribution in [0.3, 0.4) is 0 Å². The molecule has 0 saturated heterocycles. The maximum absolute atomic E-state index is 7.98. The minimum absolute atomic E-state index is 0.419. The maximum atomic E-state index is 7.98. The molecule has 3 rings (SSSR count). The molecular weight excluding hydrogens is 228 g/mol. The molecule has 5 heteroatoms. The number of hydrogen-bond acceptors (Lipinski definition) is 4. The van der Waals surface area contributed by atoms with Crippen LogP contribution in [0.5, 0.6) is 5.88 Å². The number of nitrogens with zero attached hydrogens (tertiary/aromatic N) is 3. The second kappa shape index (κ2) is 4.25. The number of nitrogens with one attached hydrogen (secondary N) is 1. The molecule has 18 heavy (non-hydrogen) atoms. The van der Waals surface area contributed by atoms with E-state index in [0.717, 1.165) is 24.2 Å². The minimum atomic E-state index is 0.419. The van der Waals surface area contributed by atoms with Crippen molar-refractivity contribution in [1.29, 1.82) is 5.41 Å². The summed E-state index contributed by atoms with van der Waals surface area (Å²) in [6.45, 7) is 0. The Morgan fingerprint density at radius 1 is 1.39 bits per heavy atom. The molecule has 2 aromatic heterocycles. The van der Waals surface area contributed by atoms with Crippen LogP contribution in [-0.4, -0.2) is 27.6 Å². The summed E-state index contributed by atoms with van der Waals surface area (Å²) < 4.78 is 6.75. The van der Waals surface area contributed by atoms with Gasteiger partial charge in [-0.15, -0.1) is 0 Å². The van der Waals surface area contributed by atoms with Crippen molar-refractivity contribution >= 4 is 5.71 Å². The van der Waals surface area contributed by atoms with Crippen molar-refractivity contribution in [3.63, 3.8) is 0 Å². The van der Waals surface area contributed by atoms with E-state index in [2.05, 4.69) is 10.1 Å². The van der Waals surface area contributed by atoms with Crippen LogP contribution in [0.1, 0.15) is 18.5 Å². The summed E-state index contributed by atoms with van der Waals surface area (Å²) in [5.41, 5.74) is 2.27. The molecule has 0 spiro atoms. The topological polar surface area (TPSA) is 63.8 Å².